The van der Waals surface area contributed by atoms with E-state index in [1.165, 1.54) is 0 Å². The van der Waals surface area contributed by atoms with E-state index in [4.69, 9.17) is 15.7 Å². The van der Waals surface area contributed by atoms with Crippen molar-refractivity contribution < 1.29 is 4.74 Å². The normalized spacial score (nSPS) is 8.92. The minimum Gasteiger partial charge on any atom is -0.490 e. The molecule has 0 saturated heterocycles. The minimum atomic E-state index is 0.383. The van der Waals surface area contributed by atoms with Crippen LogP contribution in [0.1, 0.15) is 6.42 Å². The highest BCUT2D eigenvalue weighted by molar-refractivity contribution is 5.51. The van der Waals surface area contributed by atoms with Crippen LogP contribution in [0, 0.1) is 11.3 Å². The maximum atomic E-state index is 8.25. The molecule has 2 N–H and O–H groups in total. The predicted molar refractivity (Wildman–Crippen MR) is 46.6 cm³/mol. The fraction of sp³-hybridized carbons (Fsp3) is 0.222. The summed E-state index contributed by atoms with van der Waals surface area (Å²) in [6.45, 7) is 0.394. The molecule has 3 heteroatoms. The molecule has 0 saturated carbocycles. The highest BCUT2D eigenvalue weighted by atomic mass is 16.5. The zero-order chi connectivity index (χ0) is 8.81. The SMILES string of the molecule is N#CCCOc1ccccc1N. The van der Waals surface area contributed by atoms with Gasteiger partial charge in [0.15, 0.2) is 0 Å². The smallest absolute Gasteiger partial charge is 0.142 e. The Hall–Kier alpha value is -1.69. The van der Waals surface area contributed by atoms with Crippen LogP contribution in [0.4, 0.5) is 5.69 Å². The average Bonchev–Trinajstić information content (AvgIpc) is 2.09. The van der Waals surface area contributed by atoms with Gasteiger partial charge in [-0.1, -0.05) is 12.1 Å². The third kappa shape index (κ3) is 2.17. The monoisotopic (exact) mass is 162 g/mol. The first-order valence-corrected chi connectivity index (χ1v) is 3.69. The van der Waals surface area contributed by atoms with Crippen molar-refractivity contribution in [2.24, 2.45) is 0 Å². The van der Waals surface area contributed by atoms with Gasteiger partial charge in [0.1, 0.15) is 12.4 Å². The molecule has 3 nitrogen and oxygen atoms in total. The van der Waals surface area contributed by atoms with Gasteiger partial charge in [0.05, 0.1) is 18.2 Å². The molecule has 0 amide bonds. The lowest BCUT2D eigenvalue weighted by Gasteiger charge is -2.05. The van der Waals surface area contributed by atoms with Crippen LogP contribution in [0.5, 0.6) is 5.75 Å². The molecule has 0 spiro atoms. The first kappa shape index (κ1) is 8.41. The van der Waals surface area contributed by atoms with Crippen molar-refractivity contribution in [1.29, 1.82) is 5.26 Å². The van der Waals surface area contributed by atoms with E-state index in [1.807, 2.05) is 18.2 Å². The fourth-order valence-corrected chi connectivity index (χ4v) is 0.819. The van der Waals surface area contributed by atoms with Crippen LogP contribution < -0.4 is 10.5 Å². The zero-order valence-electron chi connectivity index (χ0n) is 6.66. The molecule has 0 radical (unpaired) electrons. The Morgan fingerprint density at radius 1 is 1.42 bits per heavy atom. The van der Waals surface area contributed by atoms with Gasteiger partial charge in [-0.15, -0.1) is 0 Å². The lowest BCUT2D eigenvalue weighted by Crippen LogP contribution is -1.98. The standard InChI is InChI=1S/C9H10N2O/c10-6-3-7-12-9-5-2-1-4-8(9)11/h1-2,4-5H,3,7,11H2. The molecule has 0 fully saturated rings. The van der Waals surface area contributed by atoms with E-state index in [0.29, 0.717) is 24.5 Å². The number of nitriles is 1. The van der Waals surface area contributed by atoms with Gasteiger partial charge in [-0.3, -0.25) is 0 Å². The van der Waals surface area contributed by atoms with E-state index in [1.54, 1.807) is 12.1 Å². The van der Waals surface area contributed by atoms with Gasteiger partial charge in [-0.2, -0.15) is 5.26 Å². The number of nitrogens with zero attached hydrogens (tertiary/aromatic N) is 1. The zero-order valence-corrected chi connectivity index (χ0v) is 6.66. The third-order valence-corrected chi connectivity index (χ3v) is 1.39. The average molecular weight is 162 g/mol. The Bertz CT molecular complexity index is 291. The summed E-state index contributed by atoms with van der Waals surface area (Å²) in [5, 5.41) is 8.25. The lowest BCUT2D eigenvalue weighted by atomic mass is 10.3. The van der Waals surface area contributed by atoms with Crippen molar-refractivity contribution in [3.8, 4) is 11.8 Å². The second-order valence-corrected chi connectivity index (χ2v) is 2.29. The molecule has 1 aromatic rings. The Morgan fingerprint density at radius 2 is 2.17 bits per heavy atom. The number of hydrogen-bond donors (Lipinski definition) is 1. The number of para-hydroxylation sites is 2. The van der Waals surface area contributed by atoms with E-state index in [9.17, 15) is 0 Å². The third-order valence-electron chi connectivity index (χ3n) is 1.39. The summed E-state index contributed by atoms with van der Waals surface area (Å²) in [5.41, 5.74) is 6.20. The van der Waals surface area contributed by atoms with Crippen LogP contribution >= 0.6 is 0 Å². The van der Waals surface area contributed by atoms with Crippen molar-refractivity contribution >= 4 is 5.69 Å². The van der Waals surface area contributed by atoms with Gasteiger partial charge in [-0.05, 0) is 12.1 Å². The van der Waals surface area contributed by atoms with Crippen molar-refractivity contribution in [3.63, 3.8) is 0 Å². The van der Waals surface area contributed by atoms with E-state index >= 15 is 0 Å². The molecule has 0 atom stereocenters. The Kier molecular flexibility index (Phi) is 2.97. The molecule has 1 aromatic carbocycles. The maximum Gasteiger partial charge on any atom is 0.142 e. The molecule has 0 unspecified atom stereocenters. The summed E-state index contributed by atoms with van der Waals surface area (Å²) >= 11 is 0. The first-order valence-electron chi connectivity index (χ1n) is 3.69. The Labute approximate surface area is 71.4 Å². The van der Waals surface area contributed by atoms with E-state index in [2.05, 4.69) is 0 Å². The Balaban J connectivity index is 2.53. The van der Waals surface area contributed by atoms with Crippen molar-refractivity contribution in [1.82, 2.24) is 0 Å². The highest BCUT2D eigenvalue weighted by Crippen LogP contribution is 2.19. The van der Waals surface area contributed by atoms with Crippen LogP contribution in [0.25, 0.3) is 0 Å². The molecular formula is C9H10N2O. The first-order chi connectivity index (χ1) is 5.84. The number of nitrogens with two attached hydrogens (primary N) is 1. The summed E-state index contributed by atoms with van der Waals surface area (Å²) < 4.78 is 5.23. The van der Waals surface area contributed by atoms with Gasteiger partial charge in [0.25, 0.3) is 0 Å². The topological polar surface area (TPSA) is 59.0 Å². The summed E-state index contributed by atoms with van der Waals surface area (Å²) in [4.78, 5) is 0. The van der Waals surface area contributed by atoms with Gasteiger partial charge >= 0.3 is 0 Å². The predicted octanol–water partition coefficient (Wildman–Crippen LogP) is 1.56. The number of ether oxygens (including phenoxy) is 1. The van der Waals surface area contributed by atoms with Crippen LogP contribution in [-0.4, -0.2) is 6.61 Å². The van der Waals surface area contributed by atoms with Crippen LogP contribution in [0.3, 0.4) is 0 Å². The van der Waals surface area contributed by atoms with Crippen LogP contribution in [0.2, 0.25) is 0 Å². The molecule has 62 valence electrons. The molecule has 0 aliphatic carbocycles. The van der Waals surface area contributed by atoms with Crippen molar-refractivity contribution in [2.45, 2.75) is 6.42 Å². The summed E-state index contributed by atoms with van der Waals surface area (Å²) in [6, 6.07) is 9.23. The molecule has 0 aliphatic heterocycles. The van der Waals surface area contributed by atoms with Gasteiger partial charge in [-0.25, -0.2) is 0 Å². The van der Waals surface area contributed by atoms with E-state index in [-0.39, 0.29) is 0 Å². The molecular weight excluding hydrogens is 152 g/mol. The molecule has 0 heterocycles. The molecule has 0 aromatic heterocycles. The van der Waals surface area contributed by atoms with E-state index in [0.717, 1.165) is 0 Å². The quantitative estimate of drug-likeness (QED) is 0.542. The summed E-state index contributed by atoms with van der Waals surface area (Å²) in [5.74, 6) is 0.646. The maximum absolute atomic E-state index is 8.25. The lowest BCUT2D eigenvalue weighted by molar-refractivity contribution is 0.328. The van der Waals surface area contributed by atoms with Crippen molar-refractivity contribution in [3.05, 3.63) is 24.3 Å². The molecule has 12 heavy (non-hydrogen) atoms. The van der Waals surface area contributed by atoms with Gasteiger partial charge in [0.2, 0.25) is 0 Å². The van der Waals surface area contributed by atoms with Gasteiger partial charge in [0, 0.05) is 0 Å². The molecule has 0 bridgehead atoms. The number of nitrogen functional groups attached to an aromatic ring is 1. The number of anilines is 1. The Morgan fingerprint density at radius 3 is 2.83 bits per heavy atom. The second kappa shape index (κ2) is 4.24. The summed E-state index contributed by atoms with van der Waals surface area (Å²) in [7, 11) is 0. The summed E-state index contributed by atoms with van der Waals surface area (Å²) in [6.07, 6.45) is 0.383. The van der Waals surface area contributed by atoms with E-state index < -0.39 is 0 Å². The molecule has 0 aliphatic rings. The highest BCUT2D eigenvalue weighted by Gasteiger charge is 1.96. The fourth-order valence-electron chi connectivity index (χ4n) is 0.819. The minimum absolute atomic E-state index is 0.383. The van der Waals surface area contributed by atoms with Crippen LogP contribution in [-0.2, 0) is 0 Å². The van der Waals surface area contributed by atoms with Gasteiger partial charge < -0.3 is 10.5 Å². The van der Waals surface area contributed by atoms with Crippen molar-refractivity contribution in [2.75, 3.05) is 12.3 Å². The van der Waals surface area contributed by atoms with Crippen LogP contribution in [0.15, 0.2) is 24.3 Å². The number of benzene rings is 1. The molecule has 1 rings (SSSR count). The second-order valence-electron chi connectivity index (χ2n) is 2.29. The number of hydrogen-bond acceptors (Lipinski definition) is 3. The largest absolute Gasteiger partial charge is 0.490 e. The number of rotatable bonds is 3.